The summed E-state index contributed by atoms with van der Waals surface area (Å²) in [5.74, 6) is -0.0870. The normalized spacial score (nSPS) is 21.4. The number of aliphatic hydroxyl groups is 2. The molecule has 0 unspecified atom stereocenters. The van der Waals surface area contributed by atoms with Gasteiger partial charge in [0, 0.05) is 12.1 Å². The molecule has 0 saturated carbocycles. The van der Waals surface area contributed by atoms with E-state index < -0.39 is 11.7 Å². The first-order valence-electron chi connectivity index (χ1n) is 8.20. The quantitative estimate of drug-likeness (QED) is 0.835. The number of nitrogens with zero attached hydrogens (tertiary/aromatic N) is 1. The molecule has 2 rings (SSSR count). The van der Waals surface area contributed by atoms with Gasteiger partial charge in [0.2, 0.25) is 0 Å². The van der Waals surface area contributed by atoms with Gasteiger partial charge in [0.15, 0.2) is 0 Å². The van der Waals surface area contributed by atoms with E-state index in [1.54, 1.807) is 18.7 Å². The molecule has 0 bridgehead atoms. The molecule has 1 amide bonds. The monoisotopic (exact) mass is 321 g/mol. The summed E-state index contributed by atoms with van der Waals surface area (Å²) in [5.41, 5.74) is 1.01. The van der Waals surface area contributed by atoms with E-state index in [4.69, 9.17) is 4.74 Å². The fourth-order valence-electron chi connectivity index (χ4n) is 2.79. The number of aryl methyl sites for hydroxylation is 1. The Morgan fingerprint density at radius 1 is 1.30 bits per heavy atom. The minimum Gasteiger partial charge on any atom is -0.390 e. The van der Waals surface area contributed by atoms with E-state index in [1.807, 2.05) is 31.2 Å². The van der Waals surface area contributed by atoms with Gasteiger partial charge in [-0.2, -0.15) is 0 Å². The Morgan fingerprint density at radius 3 is 2.43 bits per heavy atom. The average molecular weight is 321 g/mol. The van der Waals surface area contributed by atoms with Crippen molar-refractivity contribution in [2.45, 2.75) is 51.4 Å². The highest BCUT2D eigenvalue weighted by Gasteiger charge is 2.34. The summed E-state index contributed by atoms with van der Waals surface area (Å²) in [6.07, 6.45) is 0.822. The maximum atomic E-state index is 12.7. The van der Waals surface area contributed by atoms with E-state index in [0.29, 0.717) is 25.1 Å². The Balaban J connectivity index is 2.04. The van der Waals surface area contributed by atoms with E-state index >= 15 is 0 Å². The fourth-order valence-corrected chi connectivity index (χ4v) is 2.79. The van der Waals surface area contributed by atoms with Crippen molar-refractivity contribution >= 4 is 5.91 Å². The van der Waals surface area contributed by atoms with Gasteiger partial charge in [-0.25, -0.2) is 0 Å². The van der Waals surface area contributed by atoms with Crippen LogP contribution in [0.3, 0.4) is 0 Å². The molecule has 5 nitrogen and oxygen atoms in total. The maximum absolute atomic E-state index is 12.7. The standard InChI is InChI=1S/C18H27NO4/c1-4-19(15-11-23-12-16(15)20)17(21)14-7-5-13(6-8-14)9-10-18(2,3)22/h5-8,15-16,20,22H,4,9-12H2,1-3H3/t15-,16-/m0/s1. The zero-order valence-electron chi connectivity index (χ0n) is 14.2. The molecule has 1 fully saturated rings. The number of carbonyl (C=O) groups excluding carboxylic acids is 1. The summed E-state index contributed by atoms with van der Waals surface area (Å²) in [6, 6.07) is 7.20. The maximum Gasteiger partial charge on any atom is 0.254 e. The summed E-state index contributed by atoms with van der Waals surface area (Å²) in [6.45, 7) is 6.68. The van der Waals surface area contributed by atoms with Gasteiger partial charge in [-0.3, -0.25) is 4.79 Å². The van der Waals surface area contributed by atoms with Crippen LogP contribution in [0.5, 0.6) is 0 Å². The highest BCUT2D eigenvalue weighted by Crippen LogP contribution is 2.18. The van der Waals surface area contributed by atoms with Crippen molar-refractivity contribution in [3.05, 3.63) is 35.4 Å². The van der Waals surface area contributed by atoms with E-state index in [9.17, 15) is 15.0 Å². The number of carbonyl (C=O) groups is 1. The van der Waals surface area contributed by atoms with Crippen molar-refractivity contribution in [2.75, 3.05) is 19.8 Å². The van der Waals surface area contributed by atoms with Gasteiger partial charge in [0.05, 0.1) is 31.0 Å². The van der Waals surface area contributed by atoms with Crippen LogP contribution in [-0.4, -0.2) is 58.5 Å². The molecular weight excluding hydrogens is 294 g/mol. The number of ether oxygens (including phenoxy) is 1. The van der Waals surface area contributed by atoms with Crippen molar-refractivity contribution in [3.8, 4) is 0 Å². The molecule has 1 heterocycles. The average Bonchev–Trinajstić information content (AvgIpc) is 2.92. The first-order chi connectivity index (χ1) is 10.8. The third kappa shape index (κ3) is 4.77. The van der Waals surface area contributed by atoms with Gasteiger partial charge in [-0.05, 0) is 51.3 Å². The molecule has 0 spiro atoms. The van der Waals surface area contributed by atoms with Crippen LogP contribution in [0.25, 0.3) is 0 Å². The molecule has 128 valence electrons. The molecule has 0 aliphatic carbocycles. The minimum atomic E-state index is -0.688. The second-order valence-corrected chi connectivity index (χ2v) is 6.77. The van der Waals surface area contributed by atoms with Crippen LogP contribution < -0.4 is 0 Å². The van der Waals surface area contributed by atoms with Gasteiger partial charge >= 0.3 is 0 Å². The van der Waals surface area contributed by atoms with Crippen molar-refractivity contribution in [1.29, 1.82) is 0 Å². The molecule has 2 N–H and O–H groups in total. The first kappa shape index (κ1) is 17.9. The molecule has 0 radical (unpaired) electrons. The molecule has 1 aliphatic heterocycles. The SMILES string of the molecule is CCN(C(=O)c1ccc(CCC(C)(C)O)cc1)[C@H]1COC[C@@H]1O. The highest BCUT2D eigenvalue weighted by molar-refractivity contribution is 5.94. The van der Waals surface area contributed by atoms with Crippen LogP contribution in [0, 0.1) is 0 Å². The molecule has 23 heavy (non-hydrogen) atoms. The topological polar surface area (TPSA) is 70.0 Å². The lowest BCUT2D eigenvalue weighted by Crippen LogP contribution is -2.46. The molecule has 0 aromatic heterocycles. The van der Waals surface area contributed by atoms with Crippen molar-refractivity contribution in [3.63, 3.8) is 0 Å². The Morgan fingerprint density at radius 2 is 1.96 bits per heavy atom. The van der Waals surface area contributed by atoms with Crippen LogP contribution in [0.15, 0.2) is 24.3 Å². The lowest BCUT2D eigenvalue weighted by Gasteiger charge is -2.29. The molecule has 5 heteroatoms. The van der Waals surface area contributed by atoms with E-state index in [0.717, 1.165) is 12.0 Å². The second kappa shape index (κ2) is 7.43. The Hall–Kier alpha value is -1.43. The Kier molecular flexibility index (Phi) is 5.79. The summed E-state index contributed by atoms with van der Waals surface area (Å²) in [7, 11) is 0. The number of aliphatic hydroxyl groups excluding tert-OH is 1. The lowest BCUT2D eigenvalue weighted by molar-refractivity contribution is 0.0520. The molecule has 2 atom stereocenters. The van der Waals surface area contributed by atoms with Crippen LogP contribution in [-0.2, 0) is 11.2 Å². The zero-order chi connectivity index (χ0) is 17.0. The van der Waals surface area contributed by atoms with Crippen molar-refractivity contribution in [1.82, 2.24) is 4.90 Å². The van der Waals surface area contributed by atoms with Gasteiger partial charge in [-0.1, -0.05) is 12.1 Å². The number of likely N-dealkylation sites (N-methyl/N-ethyl adjacent to an activating group) is 1. The smallest absolute Gasteiger partial charge is 0.254 e. The molecule has 1 aromatic carbocycles. The van der Waals surface area contributed by atoms with Crippen LogP contribution in [0.2, 0.25) is 0 Å². The second-order valence-electron chi connectivity index (χ2n) is 6.77. The number of rotatable bonds is 6. The number of benzene rings is 1. The lowest BCUT2D eigenvalue weighted by atomic mass is 9.98. The predicted octanol–water partition coefficient (Wildman–Crippen LogP) is 1.61. The molecule has 1 saturated heterocycles. The van der Waals surface area contributed by atoms with Crippen molar-refractivity contribution < 1.29 is 19.7 Å². The van der Waals surface area contributed by atoms with E-state index in [-0.39, 0.29) is 18.6 Å². The predicted molar refractivity (Wildman–Crippen MR) is 88.4 cm³/mol. The Labute approximate surface area is 137 Å². The fraction of sp³-hybridized carbons (Fsp3) is 0.611. The highest BCUT2D eigenvalue weighted by atomic mass is 16.5. The van der Waals surface area contributed by atoms with Crippen LogP contribution in [0.1, 0.15) is 43.1 Å². The molecular formula is C18H27NO4. The summed E-state index contributed by atoms with van der Waals surface area (Å²) in [5, 5.41) is 19.7. The number of amides is 1. The third-order valence-electron chi connectivity index (χ3n) is 4.25. The number of hydrogen-bond donors (Lipinski definition) is 2. The van der Waals surface area contributed by atoms with Gasteiger partial charge in [0.1, 0.15) is 0 Å². The van der Waals surface area contributed by atoms with Gasteiger partial charge in [0.25, 0.3) is 5.91 Å². The molecule has 1 aliphatic rings. The van der Waals surface area contributed by atoms with Crippen molar-refractivity contribution in [2.24, 2.45) is 0 Å². The van der Waals surface area contributed by atoms with Crippen LogP contribution >= 0.6 is 0 Å². The summed E-state index contributed by atoms with van der Waals surface area (Å²) >= 11 is 0. The van der Waals surface area contributed by atoms with Gasteiger partial charge < -0.3 is 19.8 Å². The largest absolute Gasteiger partial charge is 0.390 e. The van der Waals surface area contributed by atoms with E-state index in [2.05, 4.69) is 0 Å². The third-order valence-corrected chi connectivity index (χ3v) is 4.25. The van der Waals surface area contributed by atoms with E-state index in [1.165, 1.54) is 0 Å². The van der Waals surface area contributed by atoms with Gasteiger partial charge in [-0.15, -0.1) is 0 Å². The Bertz CT molecular complexity index is 521. The molecule has 1 aromatic rings. The zero-order valence-corrected chi connectivity index (χ0v) is 14.2. The van der Waals surface area contributed by atoms with Crippen LogP contribution in [0.4, 0.5) is 0 Å². The first-order valence-corrected chi connectivity index (χ1v) is 8.20. The summed E-state index contributed by atoms with van der Waals surface area (Å²) < 4.78 is 5.25. The minimum absolute atomic E-state index is 0.0870. The number of hydrogen-bond acceptors (Lipinski definition) is 4. The summed E-state index contributed by atoms with van der Waals surface area (Å²) in [4.78, 5) is 14.3.